The van der Waals surface area contributed by atoms with Crippen molar-refractivity contribution in [2.75, 3.05) is 11.9 Å². The molecule has 0 atom stereocenters. The Morgan fingerprint density at radius 3 is 2.83 bits per heavy atom. The third kappa shape index (κ3) is 5.10. The average Bonchev–Trinajstić information content (AvgIpc) is 2.54. The molecule has 2 rings (SSSR count). The quantitative estimate of drug-likeness (QED) is 0.319. The molecule has 0 bridgehead atoms. The Hall–Kier alpha value is -2.34. The lowest BCUT2D eigenvalue weighted by Gasteiger charge is -2.12. The maximum atomic E-state index is 13.8. The lowest BCUT2D eigenvalue weighted by Crippen LogP contribution is -2.31. The van der Waals surface area contributed by atoms with Crippen molar-refractivity contribution in [1.82, 2.24) is 5.32 Å². The van der Waals surface area contributed by atoms with Crippen LogP contribution in [0, 0.1) is 5.82 Å². The normalized spacial score (nSPS) is 11.1. The number of phenols is 1. The zero-order valence-electron chi connectivity index (χ0n) is 12.4. The fourth-order valence-corrected chi connectivity index (χ4v) is 2.25. The van der Waals surface area contributed by atoms with E-state index in [2.05, 4.69) is 38.1 Å². The topological polar surface area (TPSA) is 56.7 Å². The van der Waals surface area contributed by atoms with Crippen molar-refractivity contribution in [2.24, 2.45) is 4.99 Å². The van der Waals surface area contributed by atoms with E-state index in [1.54, 1.807) is 42.5 Å². The molecule has 0 saturated carbocycles. The summed E-state index contributed by atoms with van der Waals surface area (Å²) in [6.07, 6.45) is 1.68. The number of guanidine groups is 1. The van der Waals surface area contributed by atoms with Crippen molar-refractivity contribution >= 4 is 27.6 Å². The Balaban J connectivity index is 2.18. The van der Waals surface area contributed by atoms with E-state index in [0.29, 0.717) is 23.8 Å². The summed E-state index contributed by atoms with van der Waals surface area (Å²) in [6.45, 7) is 4.28. The third-order valence-corrected chi connectivity index (χ3v) is 3.48. The summed E-state index contributed by atoms with van der Waals surface area (Å²) >= 11 is 3.32. The molecule has 6 heteroatoms. The highest BCUT2D eigenvalue weighted by molar-refractivity contribution is 9.10. The maximum Gasteiger partial charge on any atom is 0.196 e. The SMILES string of the molecule is C=CCNC(=NCc1cc(Br)ccc1F)Nc1ccccc1O. The number of nitrogens with zero attached hydrogens (tertiary/aromatic N) is 1. The van der Waals surface area contributed by atoms with Gasteiger partial charge >= 0.3 is 0 Å². The number of para-hydroxylation sites is 2. The minimum absolute atomic E-state index is 0.106. The summed E-state index contributed by atoms with van der Waals surface area (Å²) in [4.78, 5) is 4.34. The molecule has 23 heavy (non-hydrogen) atoms. The van der Waals surface area contributed by atoms with Crippen LogP contribution in [-0.2, 0) is 6.54 Å². The van der Waals surface area contributed by atoms with Gasteiger partial charge in [0.15, 0.2) is 5.96 Å². The lowest BCUT2D eigenvalue weighted by atomic mass is 10.2. The second-order valence-corrected chi connectivity index (χ2v) is 5.63. The number of hydrogen-bond donors (Lipinski definition) is 3. The first kappa shape index (κ1) is 17.0. The first-order valence-corrected chi connectivity index (χ1v) is 7.77. The first-order chi connectivity index (χ1) is 11.1. The number of benzene rings is 2. The Kier molecular flexibility index (Phi) is 6.17. The monoisotopic (exact) mass is 377 g/mol. The lowest BCUT2D eigenvalue weighted by molar-refractivity contribution is 0.478. The van der Waals surface area contributed by atoms with Gasteiger partial charge in [-0.2, -0.15) is 0 Å². The molecule has 3 N–H and O–H groups in total. The van der Waals surface area contributed by atoms with E-state index in [9.17, 15) is 9.50 Å². The largest absolute Gasteiger partial charge is 0.506 e. The van der Waals surface area contributed by atoms with Crippen LogP contribution in [0.3, 0.4) is 0 Å². The number of hydrogen-bond acceptors (Lipinski definition) is 2. The summed E-state index contributed by atoms with van der Waals surface area (Å²) in [7, 11) is 0. The Morgan fingerprint density at radius 1 is 1.30 bits per heavy atom. The van der Waals surface area contributed by atoms with E-state index in [1.807, 2.05) is 0 Å². The molecule has 0 aliphatic carbocycles. The van der Waals surface area contributed by atoms with Crippen LogP contribution in [0.5, 0.6) is 5.75 Å². The molecule has 0 radical (unpaired) electrons. The fraction of sp³-hybridized carbons (Fsp3) is 0.118. The second-order valence-electron chi connectivity index (χ2n) is 4.71. The molecule has 4 nitrogen and oxygen atoms in total. The molecule has 0 unspecified atom stereocenters. The molecule has 0 spiro atoms. The molecular formula is C17H17BrFN3O. The van der Waals surface area contributed by atoms with Gasteiger partial charge in [-0.3, -0.25) is 0 Å². The Labute approximate surface area is 142 Å². The molecule has 0 saturated heterocycles. The minimum atomic E-state index is -0.317. The van der Waals surface area contributed by atoms with Crippen LogP contribution in [-0.4, -0.2) is 17.6 Å². The van der Waals surface area contributed by atoms with Crippen LogP contribution < -0.4 is 10.6 Å². The van der Waals surface area contributed by atoms with E-state index in [-0.39, 0.29) is 18.1 Å². The van der Waals surface area contributed by atoms with E-state index < -0.39 is 0 Å². The van der Waals surface area contributed by atoms with Crippen molar-refractivity contribution in [3.05, 3.63) is 71.0 Å². The van der Waals surface area contributed by atoms with Crippen molar-refractivity contribution in [1.29, 1.82) is 0 Å². The van der Waals surface area contributed by atoms with Crippen molar-refractivity contribution in [2.45, 2.75) is 6.54 Å². The van der Waals surface area contributed by atoms with Gasteiger partial charge in [0, 0.05) is 16.6 Å². The standard InChI is InChI=1S/C17H17BrFN3O/c1-2-9-20-17(22-15-5-3-4-6-16(15)23)21-11-12-10-13(18)7-8-14(12)19/h2-8,10,23H,1,9,11H2,(H2,20,21,22). The molecule has 0 fully saturated rings. The molecule has 2 aromatic rings. The Bertz CT molecular complexity index is 719. The summed E-state index contributed by atoms with van der Waals surface area (Å²) < 4.78 is 14.6. The molecule has 0 amide bonds. The summed E-state index contributed by atoms with van der Waals surface area (Å²) in [5, 5.41) is 15.8. The summed E-state index contributed by atoms with van der Waals surface area (Å²) in [5.41, 5.74) is 0.980. The smallest absolute Gasteiger partial charge is 0.196 e. The summed E-state index contributed by atoms with van der Waals surface area (Å²) in [5.74, 6) is 0.211. The van der Waals surface area contributed by atoms with Gasteiger partial charge in [-0.1, -0.05) is 34.1 Å². The number of anilines is 1. The van der Waals surface area contributed by atoms with Crippen molar-refractivity contribution in [3.63, 3.8) is 0 Å². The van der Waals surface area contributed by atoms with Crippen LogP contribution >= 0.6 is 15.9 Å². The highest BCUT2D eigenvalue weighted by Gasteiger charge is 2.06. The predicted octanol–water partition coefficient (Wildman–Crippen LogP) is 4.04. The molecule has 0 aliphatic rings. The minimum Gasteiger partial charge on any atom is -0.506 e. The van der Waals surface area contributed by atoms with E-state index in [1.165, 1.54) is 6.07 Å². The molecule has 0 aliphatic heterocycles. The summed E-state index contributed by atoms with van der Waals surface area (Å²) in [6, 6.07) is 11.5. The van der Waals surface area contributed by atoms with Gasteiger partial charge in [0.25, 0.3) is 0 Å². The van der Waals surface area contributed by atoms with Gasteiger partial charge in [0.2, 0.25) is 0 Å². The van der Waals surface area contributed by atoms with E-state index in [4.69, 9.17) is 0 Å². The third-order valence-electron chi connectivity index (χ3n) is 2.99. The number of nitrogens with one attached hydrogen (secondary N) is 2. The number of halogens is 2. The van der Waals surface area contributed by atoms with Gasteiger partial charge in [0.1, 0.15) is 11.6 Å². The van der Waals surface area contributed by atoms with Gasteiger partial charge in [-0.25, -0.2) is 9.38 Å². The number of phenolic OH excluding ortho intramolecular Hbond substituents is 1. The second kappa shape index (κ2) is 8.33. The van der Waals surface area contributed by atoms with Crippen molar-refractivity contribution < 1.29 is 9.50 Å². The molecule has 0 heterocycles. The van der Waals surface area contributed by atoms with Gasteiger partial charge in [-0.05, 0) is 30.3 Å². The highest BCUT2D eigenvalue weighted by Crippen LogP contribution is 2.21. The Morgan fingerprint density at radius 2 is 2.09 bits per heavy atom. The van der Waals surface area contributed by atoms with E-state index >= 15 is 0 Å². The number of rotatable bonds is 5. The fourth-order valence-electron chi connectivity index (χ4n) is 1.84. The zero-order chi connectivity index (χ0) is 16.7. The van der Waals surface area contributed by atoms with Crippen molar-refractivity contribution in [3.8, 4) is 5.75 Å². The first-order valence-electron chi connectivity index (χ1n) is 6.98. The molecule has 120 valence electrons. The van der Waals surface area contributed by atoms with Crippen LogP contribution in [0.15, 0.2) is 64.6 Å². The number of aliphatic imine (C=N–C) groups is 1. The molecular weight excluding hydrogens is 361 g/mol. The van der Waals surface area contributed by atoms with Crippen LogP contribution in [0.1, 0.15) is 5.56 Å². The average molecular weight is 378 g/mol. The zero-order valence-corrected chi connectivity index (χ0v) is 14.0. The van der Waals surface area contributed by atoms with Gasteiger partial charge in [0.05, 0.1) is 12.2 Å². The van der Waals surface area contributed by atoms with Crippen LogP contribution in [0.4, 0.5) is 10.1 Å². The molecule has 0 aromatic heterocycles. The maximum absolute atomic E-state index is 13.8. The highest BCUT2D eigenvalue weighted by atomic mass is 79.9. The van der Waals surface area contributed by atoms with Gasteiger partial charge < -0.3 is 15.7 Å². The van der Waals surface area contributed by atoms with Gasteiger partial charge in [-0.15, -0.1) is 6.58 Å². The number of aromatic hydroxyl groups is 1. The predicted molar refractivity (Wildman–Crippen MR) is 95.2 cm³/mol. The molecule has 2 aromatic carbocycles. The van der Waals surface area contributed by atoms with Crippen LogP contribution in [0.2, 0.25) is 0 Å². The van der Waals surface area contributed by atoms with Crippen LogP contribution in [0.25, 0.3) is 0 Å². The van der Waals surface area contributed by atoms with E-state index in [0.717, 1.165) is 4.47 Å².